The Kier molecular flexibility index (Phi) is 7.77. The van der Waals surface area contributed by atoms with Crippen LogP contribution in [0.5, 0.6) is 0 Å². The maximum atomic E-state index is 5.39. The lowest BCUT2D eigenvalue weighted by atomic mass is 10.3. The Hall–Kier alpha value is 0.280. The number of halogens is 2. The predicted octanol–water partition coefficient (Wildman–Crippen LogP) is 2.09. The van der Waals surface area contributed by atoms with Gasteiger partial charge in [0.1, 0.15) is 0 Å². The molecule has 0 saturated carbocycles. The van der Waals surface area contributed by atoms with E-state index in [4.69, 9.17) is 11.5 Å². The third-order valence-corrected chi connectivity index (χ3v) is 0.996. The molecule has 0 aliphatic rings. The molecule has 0 fully saturated rings. The van der Waals surface area contributed by atoms with Crippen molar-refractivity contribution in [1.82, 2.24) is 0 Å². The van der Waals surface area contributed by atoms with Gasteiger partial charge in [-0.1, -0.05) is 12.1 Å². The molecular weight excluding hydrogens is 354 g/mol. The summed E-state index contributed by atoms with van der Waals surface area (Å²) in [5.41, 5.74) is 12.1. The molecule has 58 valence electrons. The van der Waals surface area contributed by atoms with Gasteiger partial charge < -0.3 is 11.5 Å². The summed E-state index contributed by atoms with van der Waals surface area (Å²) in [5.74, 6) is 0. The first kappa shape index (κ1) is 12.9. The van der Waals surface area contributed by atoms with E-state index in [0.29, 0.717) is 11.4 Å². The lowest BCUT2D eigenvalue weighted by molar-refractivity contribution is 1.67. The maximum Gasteiger partial charge on any atom is 0.0547 e. The molecule has 0 unspecified atom stereocenters. The average molecular weight is 364 g/mol. The average Bonchev–Trinajstić information content (AvgIpc) is 1.77. The van der Waals surface area contributed by atoms with Crippen molar-refractivity contribution in [2.75, 3.05) is 11.5 Å². The van der Waals surface area contributed by atoms with Gasteiger partial charge >= 0.3 is 0 Å². The lowest BCUT2D eigenvalue weighted by Crippen LogP contribution is -1.91. The summed E-state index contributed by atoms with van der Waals surface area (Å²) in [6, 6.07) is 7.25. The van der Waals surface area contributed by atoms with E-state index in [9.17, 15) is 0 Å². The third-order valence-electron chi connectivity index (χ3n) is 0.996. The Morgan fingerprint density at radius 2 is 1.10 bits per heavy atom. The van der Waals surface area contributed by atoms with Crippen molar-refractivity contribution in [2.45, 2.75) is 0 Å². The molecule has 0 heterocycles. The largest absolute Gasteiger partial charge is 0.397 e. The van der Waals surface area contributed by atoms with E-state index < -0.39 is 0 Å². The zero-order chi connectivity index (χ0) is 5.98. The van der Waals surface area contributed by atoms with E-state index >= 15 is 0 Å². The quantitative estimate of drug-likeness (QED) is 0.547. The van der Waals surface area contributed by atoms with E-state index in [1.807, 2.05) is 12.1 Å². The topological polar surface area (TPSA) is 52.0 Å². The molecule has 4 N–H and O–H groups in total. The van der Waals surface area contributed by atoms with Gasteiger partial charge in [-0.2, -0.15) is 0 Å². The highest BCUT2D eigenvalue weighted by Gasteiger charge is 1.85. The molecule has 4 heteroatoms. The molecule has 1 aromatic carbocycles. The molecule has 0 atom stereocenters. The van der Waals surface area contributed by atoms with Crippen LogP contribution in [0.4, 0.5) is 11.4 Å². The molecule has 0 saturated heterocycles. The summed E-state index contributed by atoms with van der Waals surface area (Å²) >= 11 is 0. The molecule has 0 aliphatic heterocycles. The number of nitrogen functional groups attached to an aromatic ring is 2. The lowest BCUT2D eigenvalue weighted by Gasteiger charge is -1.94. The third kappa shape index (κ3) is 3.45. The van der Waals surface area contributed by atoms with Crippen LogP contribution in [0.15, 0.2) is 24.3 Å². The molecule has 1 rings (SSSR count). The van der Waals surface area contributed by atoms with Gasteiger partial charge in [-0.15, -0.1) is 48.0 Å². The van der Waals surface area contributed by atoms with Crippen molar-refractivity contribution in [3.63, 3.8) is 0 Å². The van der Waals surface area contributed by atoms with Crippen LogP contribution >= 0.6 is 48.0 Å². The van der Waals surface area contributed by atoms with Gasteiger partial charge in [0.05, 0.1) is 11.4 Å². The Morgan fingerprint density at radius 1 is 0.800 bits per heavy atom. The first-order chi connectivity index (χ1) is 3.80. The monoisotopic (exact) mass is 364 g/mol. The Morgan fingerprint density at radius 3 is 1.30 bits per heavy atom. The zero-order valence-electron chi connectivity index (χ0n) is 5.28. The molecular formula is C6H10I2N2. The van der Waals surface area contributed by atoms with Gasteiger partial charge in [-0.25, -0.2) is 0 Å². The van der Waals surface area contributed by atoms with Crippen molar-refractivity contribution in [3.05, 3.63) is 24.3 Å². The minimum atomic E-state index is 0. The molecule has 0 spiro atoms. The molecule has 0 bridgehead atoms. The number of rotatable bonds is 0. The summed E-state index contributed by atoms with van der Waals surface area (Å²) < 4.78 is 0. The molecule has 2 nitrogen and oxygen atoms in total. The predicted molar refractivity (Wildman–Crippen MR) is 66.1 cm³/mol. The fourth-order valence-electron chi connectivity index (χ4n) is 0.511. The molecule has 0 aliphatic carbocycles. The Bertz CT molecular complexity index is 170. The van der Waals surface area contributed by atoms with Gasteiger partial charge in [0.25, 0.3) is 0 Å². The second kappa shape index (κ2) is 6.02. The second-order valence-corrected chi connectivity index (χ2v) is 1.63. The van der Waals surface area contributed by atoms with Crippen LogP contribution in [0.3, 0.4) is 0 Å². The highest BCUT2D eigenvalue weighted by atomic mass is 127. The van der Waals surface area contributed by atoms with Crippen LogP contribution in [0, 0.1) is 0 Å². The van der Waals surface area contributed by atoms with Crippen molar-refractivity contribution in [2.24, 2.45) is 0 Å². The summed E-state index contributed by atoms with van der Waals surface area (Å²) in [5, 5.41) is 0. The number of para-hydroxylation sites is 2. The zero-order valence-corrected chi connectivity index (χ0v) is 9.94. The van der Waals surface area contributed by atoms with Crippen LogP contribution in [0.2, 0.25) is 0 Å². The van der Waals surface area contributed by atoms with Crippen molar-refractivity contribution >= 4 is 59.3 Å². The van der Waals surface area contributed by atoms with E-state index in [0.717, 1.165) is 0 Å². The van der Waals surface area contributed by atoms with Gasteiger partial charge in [0.2, 0.25) is 0 Å². The molecule has 0 radical (unpaired) electrons. The standard InChI is InChI=1S/C6H8N2.2HI/c7-5-3-1-2-4-6(5)8;;/h1-4H,7-8H2;2*1H. The number of nitrogens with two attached hydrogens (primary N) is 2. The SMILES string of the molecule is I.I.Nc1ccccc1N. The van der Waals surface area contributed by atoms with Gasteiger partial charge in [0.15, 0.2) is 0 Å². The van der Waals surface area contributed by atoms with Crippen LogP contribution in [-0.2, 0) is 0 Å². The summed E-state index contributed by atoms with van der Waals surface area (Å²) in [6.45, 7) is 0. The number of hydrogen-bond donors (Lipinski definition) is 2. The van der Waals surface area contributed by atoms with Crippen LogP contribution in [-0.4, -0.2) is 0 Å². The van der Waals surface area contributed by atoms with Gasteiger partial charge in [0, 0.05) is 0 Å². The van der Waals surface area contributed by atoms with Gasteiger partial charge in [-0.05, 0) is 12.1 Å². The minimum absolute atomic E-state index is 0. The molecule has 0 aromatic heterocycles. The van der Waals surface area contributed by atoms with E-state index in [-0.39, 0.29) is 48.0 Å². The van der Waals surface area contributed by atoms with Crippen LogP contribution < -0.4 is 11.5 Å². The van der Waals surface area contributed by atoms with E-state index in [1.165, 1.54) is 0 Å². The van der Waals surface area contributed by atoms with Crippen molar-refractivity contribution in [3.8, 4) is 0 Å². The first-order valence-electron chi connectivity index (χ1n) is 2.40. The fraction of sp³-hybridized carbons (Fsp3) is 0. The molecule has 1 aromatic rings. The minimum Gasteiger partial charge on any atom is -0.397 e. The number of anilines is 2. The summed E-state index contributed by atoms with van der Waals surface area (Å²) in [7, 11) is 0. The normalized spacial score (nSPS) is 7.20. The smallest absolute Gasteiger partial charge is 0.0547 e. The molecule has 0 amide bonds. The van der Waals surface area contributed by atoms with E-state index in [1.54, 1.807) is 12.1 Å². The van der Waals surface area contributed by atoms with E-state index in [2.05, 4.69) is 0 Å². The number of hydrogen-bond acceptors (Lipinski definition) is 2. The summed E-state index contributed by atoms with van der Waals surface area (Å²) in [6.07, 6.45) is 0. The van der Waals surface area contributed by atoms with Crippen LogP contribution in [0.25, 0.3) is 0 Å². The molecule has 10 heavy (non-hydrogen) atoms. The van der Waals surface area contributed by atoms with Gasteiger partial charge in [-0.3, -0.25) is 0 Å². The first-order valence-corrected chi connectivity index (χ1v) is 2.40. The second-order valence-electron chi connectivity index (χ2n) is 1.63. The maximum absolute atomic E-state index is 5.39. The fourth-order valence-corrected chi connectivity index (χ4v) is 0.511. The highest BCUT2D eigenvalue weighted by molar-refractivity contribution is 14.0. The Labute approximate surface area is 94.4 Å². The Balaban J connectivity index is 0. The van der Waals surface area contributed by atoms with Crippen molar-refractivity contribution < 1.29 is 0 Å². The van der Waals surface area contributed by atoms with Crippen LogP contribution in [0.1, 0.15) is 0 Å². The highest BCUT2D eigenvalue weighted by Crippen LogP contribution is 2.10. The number of benzene rings is 1. The summed E-state index contributed by atoms with van der Waals surface area (Å²) in [4.78, 5) is 0. The van der Waals surface area contributed by atoms with Crippen molar-refractivity contribution in [1.29, 1.82) is 0 Å².